The lowest BCUT2D eigenvalue weighted by atomic mass is 10.1. The van der Waals surface area contributed by atoms with Gasteiger partial charge in [0.2, 0.25) is 0 Å². The topological polar surface area (TPSA) is 18.2 Å². The summed E-state index contributed by atoms with van der Waals surface area (Å²) < 4.78 is 10.0. The third-order valence-corrected chi connectivity index (χ3v) is 11.7. The van der Waals surface area contributed by atoms with E-state index in [1.54, 1.807) is 0 Å². The van der Waals surface area contributed by atoms with Crippen molar-refractivity contribution in [1.29, 1.82) is 0 Å². The molecule has 13 aromatic rings. The zero-order chi connectivity index (χ0) is 33.7. The fraction of sp³-hybridized carbons (Fsp3) is 0. The first-order chi connectivity index (χ1) is 25.8. The second kappa shape index (κ2) is 9.39. The van der Waals surface area contributed by atoms with Crippen LogP contribution < -0.4 is 0 Å². The second-order valence-electron chi connectivity index (χ2n) is 14.1. The van der Waals surface area contributed by atoms with E-state index in [1.807, 2.05) is 0 Å². The van der Waals surface area contributed by atoms with E-state index < -0.39 is 0 Å². The molecule has 0 bridgehead atoms. The van der Waals surface area contributed by atoms with Gasteiger partial charge in [0.25, 0.3) is 0 Å². The third kappa shape index (κ3) is 3.11. The van der Waals surface area contributed by atoms with Gasteiger partial charge in [0.15, 0.2) is 0 Å². The van der Waals surface area contributed by atoms with Crippen LogP contribution in [0.2, 0.25) is 0 Å². The van der Waals surface area contributed by atoms with E-state index >= 15 is 0 Å². The van der Waals surface area contributed by atoms with Crippen LogP contribution in [0.25, 0.3) is 109 Å². The molecule has 0 saturated carbocycles. The van der Waals surface area contributed by atoms with Crippen LogP contribution in [0.3, 0.4) is 0 Å². The lowest BCUT2D eigenvalue weighted by molar-refractivity contribution is 1.18. The molecule has 0 aliphatic heterocycles. The monoisotopic (exact) mass is 660 g/mol. The molecule has 0 atom stereocenters. The normalized spacial score (nSPS) is 12.6. The summed E-state index contributed by atoms with van der Waals surface area (Å²) in [5.41, 5.74) is 14.4. The van der Waals surface area contributed by atoms with Gasteiger partial charge in [0, 0.05) is 48.8 Å². The van der Waals surface area contributed by atoms with E-state index in [4.69, 9.17) is 0 Å². The van der Waals surface area contributed by atoms with Crippen molar-refractivity contribution in [3.8, 4) is 5.69 Å². The zero-order valence-corrected chi connectivity index (χ0v) is 28.0. The fourth-order valence-corrected chi connectivity index (χ4v) is 9.65. The third-order valence-electron chi connectivity index (χ3n) is 11.7. The van der Waals surface area contributed by atoms with E-state index in [1.165, 1.54) is 98.3 Å². The van der Waals surface area contributed by atoms with Crippen molar-refractivity contribution in [2.45, 2.75) is 0 Å². The first kappa shape index (κ1) is 26.8. The summed E-state index contributed by atoms with van der Waals surface area (Å²) >= 11 is 0. The fourth-order valence-electron chi connectivity index (χ4n) is 9.65. The first-order valence-electron chi connectivity index (χ1n) is 18.0. The molecule has 0 N–H and O–H groups in total. The lowest BCUT2D eigenvalue weighted by Gasteiger charge is -2.09. The molecule has 52 heavy (non-hydrogen) atoms. The minimum absolute atomic E-state index is 1.16. The molecule has 0 unspecified atom stereocenters. The van der Waals surface area contributed by atoms with E-state index in [9.17, 15) is 0 Å². The highest BCUT2D eigenvalue weighted by Gasteiger charge is 2.22. The molecular formula is C48H28N4. The highest BCUT2D eigenvalue weighted by atomic mass is 15.0. The average molecular weight is 661 g/mol. The first-order valence-corrected chi connectivity index (χ1v) is 18.0. The molecule has 0 saturated heterocycles. The SMILES string of the molecule is c1ccc2c(c1)c1ccccc1n2-c1ccc2c(c1)c1cccc3c1n2c1ccccc1n1c2ccccc2c2ccc4c5ccccc5n3c4c21. The minimum Gasteiger partial charge on any atom is -0.309 e. The molecule has 0 amide bonds. The van der Waals surface area contributed by atoms with E-state index in [0.29, 0.717) is 0 Å². The maximum atomic E-state index is 2.54. The van der Waals surface area contributed by atoms with Gasteiger partial charge in [-0.15, -0.1) is 0 Å². The van der Waals surface area contributed by atoms with Crippen molar-refractivity contribution in [2.75, 3.05) is 0 Å². The summed E-state index contributed by atoms with van der Waals surface area (Å²) in [6, 6.07) is 62.9. The molecule has 0 spiro atoms. The Balaban J connectivity index is 1.33. The van der Waals surface area contributed by atoms with Gasteiger partial charge in [-0.25, -0.2) is 0 Å². The van der Waals surface area contributed by atoms with Gasteiger partial charge in [0.05, 0.1) is 60.7 Å². The van der Waals surface area contributed by atoms with Crippen LogP contribution in [0.1, 0.15) is 0 Å². The van der Waals surface area contributed by atoms with Crippen LogP contribution in [-0.2, 0) is 0 Å². The quantitative estimate of drug-likeness (QED) is 0.167. The van der Waals surface area contributed by atoms with Crippen molar-refractivity contribution in [3.05, 3.63) is 170 Å². The highest BCUT2D eigenvalue weighted by molar-refractivity contribution is 6.25. The smallest absolute Gasteiger partial charge is 0.0789 e. The number of aromatic nitrogens is 4. The Morgan fingerprint density at radius 2 is 0.615 bits per heavy atom. The number of para-hydroxylation sites is 7. The predicted octanol–water partition coefficient (Wildman–Crippen LogP) is 12.5. The molecule has 5 heterocycles. The van der Waals surface area contributed by atoms with Gasteiger partial charge in [-0.05, 0) is 60.7 Å². The van der Waals surface area contributed by atoms with E-state index in [0.717, 1.165) is 11.2 Å². The van der Waals surface area contributed by atoms with Gasteiger partial charge < -0.3 is 17.8 Å². The molecule has 0 aliphatic carbocycles. The Bertz CT molecular complexity index is 3640. The van der Waals surface area contributed by atoms with Crippen molar-refractivity contribution in [1.82, 2.24) is 17.8 Å². The predicted molar refractivity (Wildman–Crippen MR) is 219 cm³/mol. The van der Waals surface area contributed by atoms with Crippen LogP contribution in [-0.4, -0.2) is 17.8 Å². The molecule has 0 aliphatic rings. The number of hydrogen-bond acceptors (Lipinski definition) is 0. The van der Waals surface area contributed by atoms with Crippen molar-refractivity contribution >= 4 is 104 Å². The number of fused-ring (bicyclic) bond motifs is 16. The Kier molecular flexibility index (Phi) is 4.83. The molecule has 4 heteroatoms. The summed E-state index contributed by atoms with van der Waals surface area (Å²) in [5, 5.41) is 10.1. The van der Waals surface area contributed by atoms with Gasteiger partial charge in [-0.2, -0.15) is 0 Å². The van der Waals surface area contributed by atoms with Crippen molar-refractivity contribution < 1.29 is 0 Å². The summed E-state index contributed by atoms with van der Waals surface area (Å²) in [6.07, 6.45) is 0. The van der Waals surface area contributed by atoms with Gasteiger partial charge in [-0.3, -0.25) is 0 Å². The second-order valence-corrected chi connectivity index (χ2v) is 14.1. The molecule has 13 rings (SSSR count). The lowest BCUT2D eigenvalue weighted by Crippen LogP contribution is -1.94. The summed E-state index contributed by atoms with van der Waals surface area (Å²) in [6.45, 7) is 0. The molecule has 0 fully saturated rings. The number of hydrogen-bond donors (Lipinski definition) is 0. The van der Waals surface area contributed by atoms with E-state index in [2.05, 4.69) is 188 Å². The number of nitrogens with zero attached hydrogens (tertiary/aromatic N) is 4. The van der Waals surface area contributed by atoms with Crippen LogP contribution in [0.15, 0.2) is 170 Å². The average Bonchev–Trinajstić information content (AvgIpc) is 3.93. The van der Waals surface area contributed by atoms with Crippen molar-refractivity contribution in [2.24, 2.45) is 0 Å². The number of benzene rings is 8. The zero-order valence-electron chi connectivity index (χ0n) is 28.0. The maximum Gasteiger partial charge on any atom is 0.0789 e. The van der Waals surface area contributed by atoms with Crippen molar-refractivity contribution in [3.63, 3.8) is 0 Å². The van der Waals surface area contributed by atoms with Gasteiger partial charge >= 0.3 is 0 Å². The largest absolute Gasteiger partial charge is 0.309 e. The minimum atomic E-state index is 1.16. The summed E-state index contributed by atoms with van der Waals surface area (Å²) in [4.78, 5) is 0. The Morgan fingerprint density at radius 1 is 0.231 bits per heavy atom. The highest BCUT2D eigenvalue weighted by Crippen LogP contribution is 2.43. The van der Waals surface area contributed by atoms with Gasteiger partial charge in [0.1, 0.15) is 0 Å². The molecule has 5 aromatic heterocycles. The van der Waals surface area contributed by atoms with Gasteiger partial charge in [-0.1, -0.05) is 109 Å². The molecule has 4 nitrogen and oxygen atoms in total. The molecular weight excluding hydrogens is 633 g/mol. The summed E-state index contributed by atoms with van der Waals surface area (Å²) in [5.74, 6) is 0. The van der Waals surface area contributed by atoms with Crippen LogP contribution in [0.4, 0.5) is 0 Å². The van der Waals surface area contributed by atoms with Crippen LogP contribution in [0.5, 0.6) is 0 Å². The van der Waals surface area contributed by atoms with Crippen LogP contribution >= 0.6 is 0 Å². The molecule has 240 valence electrons. The standard InChI is InChI=1S/C48H28N4/c1-5-17-38-30(12-1)31-13-2-6-18-39(31)49(38)29-24-27-42-37(28-29)34-16-11-23-45-46(34)50(42)43-21-9-10-22-44(43)51-40-19-7-3-14-32(40)35-25-26-36-33-15-4-8-20-41(33)52(45)48(36)47(35)51/h1-28H. The summed E-state index contributed by atoms with van der Waals surface area (Å²) in [7, 11) is 0. The Hall–Kier alpha value is -7.04. The molecule has 8 aromatic carbocycles. The maximum absolute atomic E-state index is 2.54. The Morgan fingerprint density at radius 3 is 1.19 bits per heavy atom. The van der Waals surface area contributed by atoms with E-state index in [-0.39, 0.29) is 0 Å². The van der Waals surface area contributed by atoms with Crippen LogP contribution in [0, 0.1) is 0 Å². The molecule has 0 radical (unpaired) electrons. The Labute approximate surface area is 296 Å². The number of rotatable bonds is 1.